The lowest BCUT2D eigenvalue weighted by atomic mass is 10.1. The number of rotatable bonds is 3. The number of pyridine rings is 1. The molecule has 2 aromatic rings. The molecule has 2 aromatic heterocycles. The van der Waals surface area contributed by atoms with Gasteiger partial charge in [-0.25, -0.2) is 9.97 Å². The molecule has 0 aromatic carbocycles. The van der Waals surface area contributed by atoms with Crippen molar-refractivity contribution >= 4 is 28.7 Å². The van der Waals surface area contributed by atoms with E-state index in [2.05, 4.69) is 16.5 Å². The minimum Gasteiger partial charge on any atom is -0.289 e. The Hall–Kier alpha value is -2.00. The van der Waals surface area contributed by atoms with Crippen LogP contribution in [-0.4, -0.2) is 9.97 Å². The Kier molecular flexibility index (Phi) is 5.59. The third-order valence-corrected chi connectivity index (χ3v) is 3.00. The van der Waals surface area contributed by atoms with Crippen LogP contribution >= 0.6 is 11.6 Å². The molecule has 0 bridgehead atoms. The number of nitrogens with zero attached hydrogens (tertiary/aromatic N) is 2. The molecule has 104 valence electrons. The summed E-state index contributed by atoms with van der Waals surface area (Å²) in [5, 5.41) is 0.880. The highest BCUT2D eigenvalue weighted by Crippen LogP contribution is 2.14. The SMILES string of the molecule is C.C=C/C=C\c1cnc2ncc(Cl)cc2c(=O)c1CC. The van der Waals surface area contributed by atoms with Gasteiger partial charge in [0.2, 0.25) is 0 Å². The van der Waals surface area contributed by atoms with Crippen LogP contribution in [0.15, 0.2) is 42.0 Å². The quantitative estimate of drug-likeness (QED) is 0.801. The molecule has 0 spiro atoms. The molecule has 0 amide bonds. The standard InChI is InChI=1S/C15H13ClN2O.CH4/c1-3-5-6-10-8-17-15-13(7-11(16)9-18-15)14(19)12(10)4-2;/h3,5-9H,1,4H2,2H3;1H4/b6-5-;. The van der Waals surface area contributed by atoms with Crippen molar-refractivity contribution in [2.45, 2.75) is 20.8 Å². The van der Waals surface area contributed by atoms with Crippen molar-refractivity contribution in [3.05, 3.63) is 63.6 Å². The maximum absolute atomic E-state index is 12.5. The van der Waals surface area contributed by atoms with Gasteiger partial charge in [0.1, 0.15) is 0 Å². The van der Waals surface area contributed by atoms with Gasteiger partial charge in [-0.05, 0) is 18.1 Å². The van der Waals surface area contributed by atoms with Crippen LogP contribution in [-0.2, 0) is 6.42 Å². The Morgan fingerprint density at radius 3 is 2.70 bits per heavy atom. The predicted molar refractivity (Wildman–Crippen MR) is 86.2 cm³/mol. The first-order valence-electron chi connectivity index (χ1n) is 5.94. The van der Waals surface area contributed by atoms with Crippen molar-refractivity contribution in [1.82, 2.24) is 9.97 Å². The molecular formula is C16H17ClN2O. The number of aromatic nitrogens is 2. The van der Waals surface area contributed by atoms with Gasteiger partial charge in [-0.15, -0.1) is 0 Å². The number of fused-ring (bicyclic) bond motifs is 1. The summed E-state index contributed by atoms with van der Waals surface area (Å²) in [5.74, 6) is 0. The van der Waals surface area contributed by atoms with Crippen molar-refractivity contribution in [3.8, 4) is 0 Å². The Labute approximate surface area is 123 Å². The zero-order valence-corrected chi connectivity index (χ0v) is 11.3. The van der Waals surface area contributed by atoms with E-state index in [1.165, 1.54) is 6.20 Å². The molecule has 0 aliphatic heterocycles. The Morgan fingerprint density at radius 2 is 2.05 bits per heavy atom. The van der Waals surface area contributed by atoms with E-state index in [0.29, 0.717) is 28.0 Å². The molecule has 0 aliphatic rings. The van der Waals surface area contributed by atoms with E-state index < -0.39 is 0 Å². The largest absolute Gasteiger partial charge is 0.289 e. The summed E-state index contributed by atoms with van der Waals surface area (Å²) in [6, 6.07) is 1.61. The maximum Gasteiger partial charge on any atom is 0.193 e. The number of hydrogen-bond donors (Lipinski definition) is 0. The second-order valence-corrected chi connectivity index (χ2v) is 4.43. The van der Waals surface area contributed by atoms with E-state index in [1.807, 2.05) is 13.0 Å². The topological polar surface area (TPSA) is 42.9 Å². The van der Waals surface area contributed by atoms with Gasteiger partial charge in [0.15, 0.2) is 11.1 Å². The first kappa shape index (κ1) is 16.1. The molecule has 0 radical (unpaired) electrons. The van der Waals surface area contributed by atoms with Crippen LogP contribution in [0.2, 0.25) is 5.02 Å². The predicted octanol–water partition coefficient (Wildman–Crippen LogP) is 4.04. The van der Waals surface area contributed by atoms with Crippen LogP contribution < -0.4 is 5.43 Å². The van der Waals surface area contributed by atoms with Gasteiger partial charge in [0.05, 0.1) is 10.4 Å². The summed E-state index contributed by atoms with van der Waals surface area (Å²) in [6.07, 6.45) is 9.02. The lowest BCUT2D eigenvalue weighted by Gasteiger charge is -1.96. The van der Waals surface area contributed by atoms with Gasteiger partial charge in [0.25, 0.3) is 0 Å². The molecule has 0 aliphatic carbocycles. The molecule has 20 heavy (non-hydrogen) atoms. The molecule has 4 heteroatoms. The van der Waals surface area contributed by atoms with Gasteiger partial charge in [0, 0.05) is 18.0 Å². The zero-order chi connectivity index (χ0) is 13.8. The summed E-state index contributed by atoms with van der Waals surface area (Å²) < 4.78 is 0. The first-order valence-corrected chi connectivity index (χ1v) is 6.31. The highest BCUT2D eigenvalue weighted by atomic mass is 35.5. The first-order chi connectivity index (χ1) is 9.17. The van der Waals surface area contributed by atoms with Crippen molar-refractivity contribution in [2.24, 2.45) is 0 Å². The lowest BCUT2D eigenvalue weighted by Crippen LogP contribution is -2.07. The minimum absolute atomic E-state index is 0. The van der Waals surface area contributed by atoms with Crippen LogP contribution in [0.4, 0.5) is 0 Å². The van der Waals surface area contributed by atoms with Crippen molar-refractivity contribution in [2.75, 3.05) is 0 Å². The fourth-order valence-electron chi connectivity index (χ4n) is 1.88. The summed E-state index contributed by atoms with van der Waals surface area (Å²) in [4.78, 5) is 20.8. The number of hydrogen-bond acceptors (Lipinski definition) is 3. The van der Waals surface area contributed by atoms with Crippen LogP contribution in [0.1, 0.15) is 25.5 Å². The van der Waals surface area contributed by atoms with Gasteiger partial charge in [-0.2, -0.15) is 0 Å². The Balaban J connectivity index is 0.00000200. The molecule has 0 fully saturated rings. The molecule has 0 saturated carbocycles. The van der Waals surface area contributed by atoms with Crippen LogP contribution in [0.25, 0.3) is 17.1 Å². The molecule has 0 atom stereocenters. The molecule has 0 N–H and O–H groups in total. The van der Waals surface area contributed by atoms with E-state index in [9.17, 15) is 4.79 Å². The Bertz CT molecular complexity index is 723. The van der Waals surface area contributed by atoms with Crippen LogP contribution in [0.5, 0.6) is 0 Å². The zero-order valence-electron chi connectivity index (χ0n) is 10.6. The maximum atomic E-state index is 12.5. The molecule has 2 rings (SSSR count). The number of allylic oxidation sites excluding steroid dienone is 2. The molecule has 0 unspecified atom stereocenters. The molecule has 0 saturated heterocycles. The van der Waals surface area contributed by atoms with Gasteiger partial charge >= 0.3 is 0 Å². The molecule has 3 nitrogen and oxygen atoms in total. The summed E-state index contributed by atoms with van der Waals surface area (Å²) >= 11 is 5.90. The molecular weight excluding hydrogens is 272 g/mol. The van der Waals surface area contributed by atoms with Crippen molar-refractivity contribution < 1.29 is 0 Å². The third kappa shape index (κ3) is 3.11. The van der Waals surface area contributed by atoms with Crippen molar-refractivity contribution in [1.29, 1.82) is 0 Å². The van der Waals surface area contributed by atoms with E-state index >= 15 is 0 Å². The lowest BCUT2D eigenvalue weighted by molar-refractivity contribution is 1.12. The van der Waals surface area contributed by atoms with Crippen molar-refractivity contribution in [3.63, 3.8) is 0 Å². The van der Waals surface area contributed by atoms with E-state index in [4.69, 9.17) is 11.6 Å². The van der Waals surface area contributed by atoms with E-state index in [-0.39, 0.29) is 12.9 Å². The van der Waals surface area contributed by atoms with E-state index in [1.54, 1.807) is 24.4 Å². The fraction of sp³-hybridized carbons (Fsp3) is 0.188. The van der Waals surface area contributed by atoms with Gasteiger partial charge < -0.3 is 0 Å². The average Bonchev–Trinajstić information content (AvgIpc) is 2.54. The third-order valence-electron chi connectivity index (χ3n) is 2.79. The highest BCUT2D eigenvalue weighted by molar-refractivity contribution is 6.31. The summed E-state index contributed by atoms with van der Waals surface area (Å²) in [5.41, 5.74) is 1.81. The normalized spacial score (nSPS) is 10.5. The second-order valence-electron chi connectivity index (χ2n) is 3.99. The van der Waals surface area contributed by atoms with Gasteiger partial charge in [-0.3, -0.25) is 4.79 Å². The van der Waals surface area contributed by atoms with E-state index in [0.717, 1.165) is 5.56 Å². The van der Waals surface area contributed by atoms with Gasteiger partial charge in [-0.1, -0.05) is 50.8 Å². The monoisotopic (exact) mass is 288 g/mol. The minimum atomic E-state index is -0.0753. The average molecular weight is 289 g/mol. The smallest absolute Gasteiger partial charge is 0.193 e. The van der Waals surface area contributed by atoms with Crippen LogP contribution in [0, 0.1) is 0 Å². The fourth-order valence-corrected chi connectivity index (χ4v) is 2.04. The summed E-state index contributed by atoms with van der Waals surface area (Å²) in [7, 11) is 0. The molecule has 2 heterocycles. The number of halogens is 1. The second kappa shape index (κ2) is 6.96. The van der Waals surface area contributed by atoms with Crippen LogP contribution in [0.3, 0.4) is 0 Å². The highest BCUT2D eigenvalue weighted by Gasteiger charge is 2.08. The summed E-state index contributed by atoms with van der Waals surface area (Å²) in [6.45, 7) is 5.56. The Morgan fingerprint density at radius 1 is 1.35 bits per heavy atom.